The lowest BCUT2D eigenvalue weighted by Gasteiger charge is -2.30. The number of benzene rings is 2. The first-order valence-electron chi connectivity index (χ1n) is 9.65. The van der Waals surface area contributed by atoms with Gasteiger partial charge in [-0.05, 0) is 37.7 Å². The molecular weight excluding hydrogens is 350 g/mol. The monoisotopic (exact) mass is 379 g/mol. The number of hydrogen-bond donors (Lipinski definition) is 0. The number of hydrogen-bond acceptors (Lipinski definition) is 3. The number of fused-ring (bicyclic) bond motifs is 1. The molecule has 0 radical (unpaired) electrons. The molecule has 0 saturated heterocycles. The van der Waals surface area contributed by atoms with Crippen LogP contribution in [0.2, 0.25) is 0 Å². The van der Waals surface area contributed by atoms with Gasteiger partial charge < -0.3 is 14.7 Å². The van der Waals surface area contributed by atoms with E-state index < -0.39 is 5.41 Å². The number of anilines is 1. The molecule has 1 aliphatic heterocycles. The smallest absolute Gasteiger partial charge is 0.238 e. The van der Waals surface area contributed by atoms with Crippen LogP contribution in [-0.4, -0.2) is 62.9 Å². The summed E-state index contributed by atoms with van der Waals surface area (Å²) in [5, 5.41) is 0. The van der Waals surface area contributed by atoms with Gasteiger partial charge >= 0.3 is 0 Å². The molecule has 0 bridgehead atoms. The average Bonchev–Trinajstić information content (AvgIpc) is 2.89. The summed E-state index contributed by atoms with van der Waals surface area (Å²) in [6.45, 7) is 1.43. The van der Waals surface area contributed by atoms with E-state index in [1.54, 1.807) is 16.8 Å². The van der Waals surface area contributed by atoms with E-state index in [1.165, 1.54) is 0 Å². The van der Waals surface area contributed by atoms with Gasteiger partial charge in [-0.15, -0.1) is 0 Å². The van der Waals surface area contributed by atoms with Gasteiger partial charge in [-0.3, -0.25) is 9.59 Å². The number of carbonyl (C=O) groups is 2. The number of nitrogens with zero attached hydrogens (tertiary/aromatic N) is 3. The van der Waals surface area contributed by atoms with E-state index in [-0.39, 0.29) is 18.2 Å². The molecule has 0 N–H and O–H groups in total. The summed E-state index contributed by atoms with van der Waals surface area (Å²) in [6.07, 6.45) is 0.688. The van der Waals surface area contributed by atoms with Crippen LogP contribution in [-0.2, 0) is 21.4 Å². The Morgan fingerprint density at radius 2 is 1.61 bits per heavy atom. The molecule has 5 nitrogen and oxygen atoms in total. The minimum atomic E-state index is -0.865. The maximum atomic E-state index is 13.5. The van der Waals surface area contributed by atoms with Crippen molar-refractivity contribution in [3.63, 3.8) is 0 Å². The fourth-order valence-corrected chi connectivity index (χ4v) is 3.93. The summed E-state index contributed by atoms with van der Waals surface area (Å²) >= 11 is 0. The summed E-state index contributed by atoms with van der Waals surface area (Å²) in [7, 11) is 7.59. The minimum absolute atomic E-state index is 0.00349. The van der Waals surface area contributed by atoms with Gasteiger partial charge in [0.15, 0.2) is 0 Å². The standard InChI is InChI=1S/C23H29N3O2/c1-24(2)14-15-25(3)21(27)17-23(16-18-10-6-5-7-11-18)19-12-8-9-13-20(19)26(4)22(23)28/h5-13H,14-17H2,1-4H3/t23-/m0/s1. The molecule has 0 aromatic heterocycles. The van der Waals surface area contributed by atoms with Crippen LogP contribution in [0.4, 0.5) is 5.69 Å². The third kappa shape index (κ3) is 3.80. The molecule has 28 heavy (non-hydrogen) atoms. The van der Waals surface area contributed by atoms with E-state index in [0.29, 0.717) is 13.0 Å². The van der Waals surface area contributed by atoms with Crippen LogP contribution in [0, 0.1) is 0 Å². The molecule has 0 aliphatic carbocycles. The van der Waals surface area contributed by atoms with Crippen molar-refractivity contribution in [1.29, 1.82) is 0 Å². The lowest BCUT2D eigenvalue weighted by atomic mass is 9.73. The Labute approximate surface area is 167 Å². The van der Waals surface area contributed by atoms with E-state index in [9.17, 15) is 9.59 Å². The van der Waals surface area contributed by atoms with Crippen molar-refractivity contribution >= 4 is 17.5 Å². The molecule has 5 heteroatoms. The Kier molecular flexibility index (Phi) is 5.84. The second kappa shape index (κ2) is 8.15. The van der Waals surface area contributed by atoms with Crippen molar-refractivity contribution in [2.24, 2.45) is 0 Å². The third-order valence-electron chi connectivity index (χ3n) is 5.61. The summed E-state index contributed by atoms with van der Waals surface area (Å²) in [6, 6.07) is 17.8. The zero-order chi connectivity index (χ0) is 20.3. The first-order valence-corrected chi connectivity index (χ1v) is 9.65. The molecule has 1 atom stereocenters. The Balaban J connectivity index is 1.97. The fourth-order valence-electron chi connectivity index (χ4n) is 3.93. The second-order valence-corrected chi connectivity index (χ2v) is 7.92. The van der Waals surface area contributed by atoms with E-state index in [0.717, 1.165) is 23.4 Å². The van der Waals surface area contributed by atoms with Gasteiger partial charge in [0.2, 0.25) is 11.8 Å². The molecule has 0 saturated carbocycles. The molecule has 148 valence electrons. The number of amides is 2. The van der Waals surface area contributed by atoms with Crippen LogP contribution in [0.1, 0.15) is 17.5 Å². The Morgan fingerprint density at radius 3 is 2.29 bits per heavy atom. The van der Waals surface area contributed by atoms with Crippen molar-refractivity contribution in [2.75, 3.05) is 46.2 Å². The summed E-state index contributed by atoms with van der Waals surface area (Å²) in [5.41, 5.74) is 2.04. The zero-order valence-electron chi connectivity index (χ0n) is 17.2. The van der Waals surface area contributed by atoms with Gasteiger partial charge in [-0.2, -0.15) is 0 Å². The molecule has 0 spiro atoms. The molecule has 2 amide bonds. The van der Waals surface area contributed by atoms with E-state index in [2.05, 4.69) is 0 Å². The molecular formula is C23H29N3O2. The number of para-hydroxylation sites is 1. The highest BCUT2D eigenvalue weighted by Gasteiger charge is 2.51. The molecule has 1 aliphatic rings. The van der Waals surface area contributed by atoms with Crippen LogP contribution in [0.25, 0.3) is 0 Å². The zero-order valence-corrected chi connectivity index (χ0v) is 17.2. The molecule has 2 aromatic rings. The van der Waals surface area contributed by atoms with Crippen molar-refractivity contribution < 1.29 is 9.59 Å². The van der Waals surface area contributed by atoms with Gasteiger partial charge in [0, 0.05) is 39.3 Å². The molecule has 1 heterocycles. The average molecular weight is 380 g/mol. The molecule has 2 aromatic carbocycles. The highest BCUT2D eigenvalue weighted by Crippen LogP contribution is 2.45. The largest absolute Gasteiger partial charge is 0.344 e. The van der Waals surface area contributed by atoms with Crippen LogP contribution >= 0.6 is 0 Å². The predicted octanol–water partition coefficient (Wildman–Crippen LogP) is 2.55. The minimum Gasteiger partial charge on any atom is -0.344 e. The highest BCUT2D eigenvalue weighted by atomic mass is 16.2. The van der Waals surface area contributed by atoms with Gasteiger partial charge in [0.05, 0.1) is 5.41 Å². The third-order valence-corrected chi connectivity index (χ3v) is 5.61. The molecule has 3 rings (SSSR count). The number of carbonyl (C=O) groups excluding carboxylic acids is 2. The van der Waals surface area contributed by atoms with Gasteiger partial charge in [-0.1, -0.05) is 48.5 Å². The highest BCUT2D eigenvalue weighted by molar-refractivity contribution is 6.09. The Morgan fingerprint density at radius 1 is 0.964 bits per heavy atom. The van der Waals surface area contributed by atoms with E-state index >= 15 is 0 Å². The Bertz CT molecular complexity index is 850. The topological polar surface area (TPSA) is 43.9 Å². The van der Waals surface area contributed by atoms with Gasteiger partial charge in [0.1, 0.15) is 0 Å². The maximum absolute atomic E-state index is 13.5. The summed E-state index contributed by atoms with van der Waals surface area (Å²) in [4.78, 5) is 32.1. The lowest BCUT2D eigenvalue weighted by Crippen LogP contribution is -2.45. The second-order valence-electron chi connectivity index (χ2n) is 7.92. The summed E-state index contributed by atoms with van der Waals surface area (Å²) in [5.74, 6) is -0.0110. The van der Waals surface area contributed by atoms with Crippen molar-refractivity contribution in [2.45, 2.75) is 18.3 Å². The summed E-state index contributed by atoms with van der Waals surface area (Å²) < 4.78 is 0. The van der Waals surface area contributed by atoms with Crippen LogP contribution < -0.4 is 4.90 Å². The van der Waals surface area contributed by atoms with Crippen molar-refractivity contribution in [3.8, 4) is 0 Å². The lowest BCUT2D eigenvalue weighted by molar-refractivity contribution is -0.135. The SMILES string of the molecule is CN(C)CCN(C)C(=O)C[C@]1(Cc2ccccc2)C(=O)N(C)c2ccccc21. The quantitative estimate of drug-likeness (QED) is 0.743. The van der Waals surface area contributed by atoms with Gasteiger partial charge in [-0.25, -0.2) is 0 Å². The van der Waals surface area contributed by atoms with E-state index in [1.807, 2.05) is 80.6 Å². The normalized spacial score (nSPS) is 18.5. The predicted molar refractivity (Wildman–Crippen MR) is 112 cm³/mol. The molecule has 0 unspecified atom stereocenters. The van der Waals surface area contributed by atoms with Crippen LogP contribution in [0.5, 0.6) is 0 Å². The molecule has 0 fully saturated rings. The van der Waals surface area contributed by atoms with Crippen LogP contribution in [0.3, 0.4) is 0 Å². The number of likely N-dealkylation sites (N-methyl/N-ethyl adjacent to an activating group) is 3. The first-order chi connectivity index (χ1) is 13.3. The van der Waals surface area contributed by atoms with Crippen molar-refractivity contribution in [3.05, 3.63) is 65.7 Å². The first kappa shape index (κ1) is 20.1. The van der Waals surface area contributed by atoms with Crippen LogP contribution in [0.15, 0.2) is 54.6 Å². The van der Waals surface area contributed by atoms with Crippen molar-refractivity contribution in [1.82, 2.24) is 9.80 Å². The van der Waals surface area contributed by atoms with E-state index in [4.69, 9.17) is 0 Å². The van der Waals surface area contributed by atoms with Gasteiger partial charge in [0.25, 0.3) is 0 Å². The Hall–Kier alpha value is -2.66. The maximum Gasteiger partial charge on any atom is 0.238 e. The fraction of sp³-hybridized carbons (Fsp3) is 0.391. The number of rotatable bonds is 7.